The van der Waals surface area contributed by atoms with E-state index in [1.54, 1.807) is 30.3 Å². The summed E-state index contributed by atoms with van der Waals surface area (Å²) in [5.41, 5.74) is 7.11. The van der Waals surface area contributed by atoms with E-state index in [-0.39, 0.29) is 12.2 Å². The summed E-state index contributed by atoms with van der Waals surface area (Å²) in [5, 5.41) is 8.74. The molecule has 0 aromatic heterocycles. The van der Waals surface area contributed by atoms with Crippen LogP contribution in [0, 0.1) is 17.1 Å². The highest BCUT2D eigenvalue weighted by Crippen LogP contribution is 2.21. The highest BCUT2D eigenvalue weighted by molar-refractivity contribution is 5.51. The van der Waals surface area contributed by atoms with Gasteiger partial charge in [0.2, 0.25) is 0 Å². The average Bonchev–Trinajstić information content (AvgIpc) is 2.37. The minimum Gasteiger partial charge on any atom is -0.487 e. The van der Waals surface area contributed by atoms with E-state index in [1.165, 1.54) is 12.1 Å². The fraction of sp³-hybridized carbons (Fsp3) is 0.0714. The number of halogens is 1. The summed E-state index contributed by atoms with van der Waals surface area (Å²) in [6, 6.07) is 13.1. The van der Waals surface area contributed by atoms with Gasteiger partial charge in [0.1, 0.15) is 18.2 Å². The average molecular weight is 242 g/mol. The van der Waals surface area contributed by atoms with E-state index in [0.717, 1.165) is 0 Å². The third-order valence-electron chi connectivity index (χ3n) is 2.40. The number of nitrogens with zero attached hydrogens (tertiary/aromatic N) is 1. The van der Waals surface area contributed by atoms with Gasteiger partial charge in [0, 0.05) is 0 Å². The molecule has 3 nitrogen and oxygen atoms in total. The first-order chi connectivity index (χ1) is 8.69. The molecule has 90 valence electrons. The quantitative estimate of drug-likeness (QED) is 0.842. The number of ether oxygens (including phenoxy) is 1. The van der Waals surface area contributed by atoms with Crippen LogP contribution in [0.4, 0.5) is 10.1 Å². The zero-order valence-corrected chi connectivity index (χ0v) is 9.56. The number of nitrogen functional groups attached to an aromatic ring is 1. The molecule has 0 saturated carbocycles. The maximum absolute atomic E-state index is 13.2. The Morgan fingerprint density at radius 3 is 2.72 bits per heavy atom. The molecule has 4 heteroatoms. The summed E-state index contributed by atoms with van der Waals surface area (Å²) < 4.78 is 18.7. The molecule has 0 atom stereocenters. The molecule has 0 bridgehead atoms. The standard InChI is InChI=1S/C14H11FN2O/c15-12-6-10(8-16)5-11(7-12)9-18-14-4-2-1-3-13(14)17/h1-7H,9,17H2. The summed E-state index contributed by atoms with van der Waals surface area (Å²) in [6.45, 7) is 0.167. The lowest BCUT2D eigenvalue weighted by molar-refractivity contribution is 0.307. The van der Waals surface area contributed by atoms with E-state index in [2.05, 4.69) is 0 Å². The monoisotopic (exact) mass is 242 g/mol. The zero-order valence-electron chi connectivity index (χ0n) is 9.56. The molecule has 0 spiro atoms. The van der Waals surface area contributed by atoms with E-state index in [9.17, 15) is 4.39 Å². The number of rotatable bonds is 3. The normalized spacial score (nSPS) is 9.78. The van der Waals surface area contributed by atoms with E-state index in [0.29, 0.717) is 17.0 Å². The van der Waals surface area contributed by atoms with E-state index in [4.69, 9.17) is 15.7 Å². The maximum Gasteiger partial charge on any atom is 0.142 e. The van der Waals surface area contributed by atoms with Crippen LogP contribution in [0.3, 0.4) is 0 Å². The second-order valence-corrected chi connectivity index (χ2v) is 3.79. The first-order valence-corrected chi connectivity index (χ1v) is 5.36. The molecule has 0 heterocycles. The van der Waals surface area contributed by atoms with Gasteiger partial charge in [0.15, 0.2) is 0 Å². The van der Waals surface area contributed by atoms with Crippen molar-refractivity contribution in [2.24, 2.45) is 0 Å². The van der Waals surface area contributed by atoms with Crippen LogP contribution in [0.5, 0.6) is 5.75 Å². The van der Waals surface area contributed by atoms with Crippen molar-refractivity contribution in [3.63, 3.8) is 0 Å². The zero-order chi connectivity index (χ0) is 13.0. The summed E-state index contributed by atoms with van der Waals surface area (Å²) in [6.07, 6.45) is 0. The van der Waals surface area contributed by atoms with E-state index < -0.39 is 5.82 Å². The molecule has 0 aliphatic heterocycles. The van der Waals surface area contributed by atoms with Crippen LogP contribution in [-0.4, -0.2) is 0 Å². The number of benzene rings is 2. The second-order valence-electron chi connectivity index (χ2n) is 3.79. The lowest BCUT2D eigenvalue weighted by Gasteiger charge is -2.08. The number of nitriles is 1. The van der Waals surface area contributed by atoms with Crippen molar-refractivity contribution < 1.29 is 9.13 Å². The first-order valence-electron chi connectivity index (χ1n) is 5.36. The minimum absolute atomic E-state index is 0.167. The highest BCUT2D eigenvalue weighted by atomic mass is 19.1. The minimum atomic E-state index is -0.450. The predicted molar refractivity (Wildman–Crippen MR) is 66.3 cm³/mol. The van der Waals surface area contributed by atoms with E-state index >= 15 is 0 Å². The van der Waals surface area contributed by atoms with Crippen LogP contribution >= 0.6 is 0 Å². The molecule has 2 N–H and O–H groups in total. The van der Waals surface area contributed by atoms with Crippen LogP contribution in [-0.2, 0) is 6.61 Å². The number of hydrogen-bond acceptors (Lipinski definition) is 3. The van der Waals surface area contributed by atoms with Gasteiger partial charge in [-0.2, -0.15) is 5.26 Å². The molecule has 2 aromatic rings. The lowest BCUT2D eigenvalue weighted by atomic mass is 10.1. The Kier molecular flexibility index (Phi) is 3.44. The molecule has 2 rings (SSSR count). The first kappa shape index (κ1) is 11.9. The van der Waals surface area contributed by atoms with Crippen LogP contribution in [0.1, 0.15) is 11.1 Å². The van der Waals surface area contributed by atoms with Gasteiger partial charge in [-0.1, -0.05) is 12.1 Å². The number of anilines is 1. The SMILES string of the molecule is N#Cc1cc(F)cc(COc2ccccc2N)c1. The van der Waals surface area contributed by atoms with Gasteiger partial charge in [-0.25, -0.2) is 4.39 Å². The number of para-hydroxylation sites is 2. The van der Waals surface area contributed by atoms with E-state index in [1.807, 2.05) is 6.07 Å². The fourth-order valence-electron chi connectivity index (χ4n) is 1.57. The summed E-state index contributed by atoms with van der Waals surface area (Å²) >= 11 is 0. The molecule has 18 heavy (non-hydrogen) atoms. The molecule has 0 aliphatic carbocycles. The van der Waals surface area contributed by atoms with Gasteiger partial charge in [0.05, 0.1) is 17.3 Å². The molecule has 0 aliphatic rings. The van der Waals surface area contributed by atoms with Crippen LogP contribution in [0.15, 0.2) is 42.5 Å². The number of hydrogen-bond donors (Lipinski definition) is 1. The molecular weight excluding hydrogens is 231 g/mol. The van der Waals surface area contributed by atoms with Gasteiger partial charge >= 0.3 is 0 Å². The summed E-state index contributed by atoms with van der Waals surface area (Å²) in [4.78, 5) is 0. The van der Waals surface area contributed by atoms with Gasteiger partial charge in [-0.15, -0.1) is 0 Å². The Balaban J connectivity index is 2.14. The molecule has 0 unspecified atom stereocenters. The van der Waals surface area contributed by atoms with Crippen molar-refractivity contribution in [1.82, 2.24) is 0 Å². The van der Waals surface area contributed by atoms with Crippen molar-refractivity contribution >= 4 is 5.69 Å². The van der Waals surface area contributed by atoms with Gasteiger partial charge < -0.3 is 10.5 Å². The maximum atomic E-state index is 13.2. The number of nitrogens with two attached hydrogens (primary N) is 1. The molecule has 0 saturated heterocycles. The van der Waals surface area contributed by atoms with Crippen LogP contribution < -0.4 is 10.5 Å². The topological polar surface area (TPSA) is 59.0 Å². The van der Waals surface area contributed by atoms with Gasteiger partial charge in [-0.3, -0.25) is 0 Å². The Hall–Kier alpha value is -2.54. The highest BCUT2D eigenvalue weighted by Gasteiger charge is 2.03. The van der Waals surface area contributed by atoms with Crippen molar-refractivity contribution in [3.8, 4) is 11.8 Å². The Morgan fingerprint density at radius 2 is 2.00 bits per heavy atom. The van der Waals surface area contributed by atoms with Gasteiger partial charge in [0.25, 0.3) is 0 Å². The van der Waals surface area contributed by atoms with Crippen molar-refractivity contribution in [3.05, 3.63) is 59.4 Å². The molecule has 2 aromatic carbocycles. The smallest absolute Gasteiger partial charge is 0.142 e. The fourth-order valence-corrected chi connectivity index (χ4v) is 1.57. The Labute approximate surface area is 104 Å². The Morgan fingerprint density at radius 1 is 1.22 bits per heavy atom. The summed E-state index contributed by atoms with van der Waals surface area (Å²) in [7, 11) is 0. The largest absolute Gasteiger partial charge is 0.487 e. The molecule has 0 radical (unpaired) electrons. The molecule has 0 fully saturated rings. The van der Waals surface area contributed by atoms with Crippen LogP contribution in [0.25, 0.3) is 0 Å². The predicted octanol–water partition coefficient (Wildman–Crippen LogP) is 2.86. The summed E-state index contributed by atoms with van der Waals surface area (Å²) in [5.74, 6) is 0.0916. The van der Waals surface area contributed by atoms with Crippen molar-refractivity contribution in [2.45, 2.75) is 6.61 Å². The van der Waals surface area contributed by atoms with Gasteiger partial charge in [-0.05, 0) is 35.9 Å². The second kappa shape index (κ2) is 5.19. The molecular formula is C14H11FN2O. The third-order valence-corrected chi connectivity index (χ3v) is 2.40. The van der Waals surface area contributed by atoms with Crippen molar-refractivity contribution in [2.75, 3.05) is 5.73 Å². The van der Waals surface area contributed by atoms with Crippen molar-refractivity contribution in [1.29, 1.82) is 5.26 Å². The molecule has 0 amide bonds. The van der Waals surface area contributed by atoms with Crippen LogP contribution in [0.2, 0.25) is 0 Å². The third kappa shape index (κ3) is 2.77. The lowest BCUT2D eigenvalue weighted by Crippen LogP contribution is -1.99. The Bertz CT molecular complexity index is 605.